The molecule has 0 radical (unpaired) electrons. The van der Waals surface area contributed by atoms with Gasteiger partial charge in [0, 0.05) is 5.92 Å². The van der Waals surface area contributed by atoms with Gasteiger partial charge in [0.15, 0.2) is 0 Å². The topological polar surface area (TPSA) is 63.3 Å². The lowest BCUT2D eigenvalue weighted by molar-refractivity contribution is -0.111. The van der Waals surface area contributed by atoms with Crippen LogP contribution < -0.4 is 5.73 Å². The van der Waals surface area contributed by atoms with Crippen LogP contribution in [0.15, 0.2) is 0 Å². The van der Waals surface area contributed by atoms with Gasteiger partial charge in [-0.3, -0.25) is 0 Å². The number of rotatable bonds is 3. The largest absolute Gasteiger partial charge is 0.379 e. The third-order valence-electron chi connectivity index (χ3n) is 0.846. The Hall–Kier alpha value is -0.410. The summed E-state index contributed by atoms with van der Waals surface area (Å²) in [5, 5.41) is 8.47. The standard InChI is InChI=1S/C5H11NO2/c1-4(3-7)2-5(6)8/h3-5,8H,2,6H2,1H3. The lowest BCUT2D eigenvalue weighted by Gasteiger charge is -2.04. The molecule has 3 nitrogen and oxygen atoms in total. The molecule has 0 saturated heterocycles. The van der Waals surface area contributed by atoms with Gasteiger partial charge in [-0.25, -0.2) is 0 Å². The Labute approximate surface area is 48.5 Å². The number of nitrogens with two attached hydrogens (primary N) is 1. The fraction of sp³-hybridized carbons (Fsp3) is 0.800. The summed E-state index contributed by atoms with van der Waals surface area (Å²) in [7, 11) is 0. The number of aliphatic hydroxyl groups is 1. The molecule has 0 aliphatic heterocycles. The Morgan fingerprint density at radius 1 is 1.88 bits per heavy atom. The first-order valence-electron chi connectivity index (χ1n) is 2.55. The maximum Gasteiger partial charge on any atom is 0.122 e. The number of aliphatic hydroxyl groups excluding tert-OH is 1. The van der Waals surface area contributed by atoms with Crippen molar-refractivity contribution in [3.05, 3.63) is 0 Å². The zero-order valence-corrected chi connectivity index (χ0v) is 4.87. The molecule has 3 N–H and O–H groups in total. The molecule has 0 aromatic carbocycles. The molecule has 0 heterocycles. The van der Waals surface area contributed by atoms with E-state index in [0.29, 0.717) is 6.42 Å². The van der Waals surface area contributed by atoms with E-state index >= 15 is 0 Å². The normalized spacial score (nSPS) is 17.4. The van der Waals surface area contributed by atoms with Crippen molar-refractivity contribution >= 4 is 6.29 Å². The molecule has 2 atom stereocenters. The van der Waals surface area contributed by atoms with E-state index in [1.165, 1.54) is 0 Å². The third-order valence-corrected chi connectivity index (χ3v) is 0.846. The molecule has 2 unspecified atom stereocenters. The Kier molecular flexibility index (Phi) is 3.39. The molecular formula is C5H11NO2. The van der Waals surface area contributed by atoms with Crippen LogP contribution in [0.5, 0.6) is 0 Å². The highest BCUT2D eigenvalue weighted by Gasteiger charge is 2.02. The van der Waals surface area contributed by atoms with Crippen LogP contribution in [0.1, 0.15) is 13.3 Å². The van der Waals surface area contributed by atoms with Crippen LogP contribution in [0.3, 0.4) is 0 Å². The highest BCUT2D eigenvalue weighted by atomic mass is 16.3. The fourth-order valence-corrected chi connectivity index (χ4v) is 0.436. The van der Waals surface area contributed by atoms with Gasteiger partial charge in [0.25, 0.3) is 0 Å². The van der Waals surface area contributed by atoms with Crippen molar-refractivity contribution < 1.29 is 9.90 Å². The van der Waals surface area contributed by atoms with Crippen LogP contribution in [0.2, 0.25) is 0 Å². The summed E-state index contributed by atoms with van der Waals surface area (Å²) in [5.41, 5.74) is 4.97. The van der Waals surface area contributed by atoms with Gasteiger partial charge < -0.3 is 15.6 Å². The van der Waals surface area contributed by atoms with E-state index in [4.69, 9.17) is 10.8 Å². The van der Waals surface area contributed by atoms with Gasteiger partial charge in [-0.1, -0.05) is 6.92 Å². The predicted octanol–water partition coefficient (Wildman–Crippen LogP) is -0.511. The minimum Gasteiger partial charge on any atom is -0.379 e. The van der Waals surface area contributed by atoms with E-state index in [2.05, 4.69) is 0 Å². The van der Waals surface area contributed by atoms with Crippen LogP contribution in [-0.2, 0) is 4.79 Å². The van der Waals surface area contributed by atoms with Gasteiger partial charge in [-0.15, -0.1) is 0 Å². The van der Waals surface area contributed by atoms with Crippen molar-refractivity contribution in [2.45, 2.75) is 19.6 Å². The van der Waals surface area contributed by atoms with Crippen LogP contribution >= 0.6 is 0 Å². The van der Waals surface area contributed by atoms with Gasteiger partial charge in [0.2, 0.25) is 0 Å². The van der Waals surface area contributed by atoms with E-state index in [9.17, 15) is 4.79 Å². The molecule has 0 saturated carbocycles. The monoisotopic (exact) mass is 117 g/mol. The molecule has 48 valence electrons. The lowest BCUT2D eigenvalue weighted by atomic mass is 10.1. The van der Waals surface area contributed by atoms with E-state index in [1.807, 2.05) is 0 Å². The predicted molar refractivity (Wildman–Crippen MR) is 30.0 cm³/mol. The molecular weight excluding hydrogens is 106 g/mol. The quantitative estimate of drug-likeness (QED) is 0.386. The zero-order chi connectivity index (χ0) is 6.57. The van der Waals surface area contributed by atoms with Crippen LogP contribution in [-0.4, -0.2) is 17.6 Å². The average Bonchev–Trinajstić information content (AvgIpc) is 1.65. The molecule has 3 heteroatoms. The first kappa shape index (κ1) is 7.59. The molecule has 0 aliphatic rings. The van der Waals surface area contributed by atoms with Crippen LogP contribution in [0, 0.1) is 5.92 Å². The lowest BCUT2D eigenvalue weighted by Crippen LogP contribution is -2.21. The van der Waals surface area contributed by atoms with Crippen molar-refractivity contribution in [3.8, 4) is 0 Å². The molecule has 8 heavy (non-hydrogen) atoms. The summed E-state index contributed by atoms with van der Waals surface area (Å²) in [5.74, 6) is -0.130. The van der Waals surface area contributed by atoms with E-state index in [-0.39, 0.29) is 5.92 Å². The summed E-state index contributed by atoms with van der Waals surface area (Å²) in [4.78, 5) is 9.87. The molecule has 0 spiro atoms. The van der Waals surface area contributed by atoms with Gasteiger partial charge in [0.1, 0.15) is 12.5 Å². The second-order valence-electron chi connectivity index (χ2n) is 1.92. The number of hydrogen-bond acceptors (Lipinski definition) is 3. The Morgan fingerprint density at radius 2 is 2.38 bits per heavy atom. The van der Waals surface area contributed by atoms with Crippen molar-refractivity contribution in [2.75, 3.05) is 0 Å². The number of aldehydes is 1. The van der Waals surface area contributed by atoms with Gasteiger partial charge in [-0.2, -0.15) is 0 Å². The van der Waals surface area contributed by atoms with Crippen molar-refractivity contribution in [1.29, 1.82) is 0 Å². The smallest absolute Gasteiger partial charge is 0.122 e. The average molecular weight is 117 g/mol. The van der Waals surface area contributed by atoms with E-state index < -0.39 is 6.23 Å². The van der Waals surface area contributed by atoms with Crippen molar-refractivity contribution in [2.24, 2.45) is 11.7 Å². The van der Waals surface area contributed by atoms with Gasteiger partial charge in [0.05, 0.1) is 0 Å². The second-order valence-corrected chi connectivity index (χ2v) is 1.92. The second kappa shape index (κ2) is 3.57. The van der Waals surface area contributed by atoms with Gasteiger partial charge in [-0.05, 0) is 6.42 Å². The van der Waals surface area contributed by atoms with Crippen LogP contribution in [0.25, 0.3) is 0 Å². The molecule has 0 fully saturated rings. The molecule has 0 aromatic rings. The highest BCUT2D eigenvalue weighted by molar-refractivity contribution is 5.52. The fourth-order valence-electron chi connectivity index (χ4n) is 0.436. The summed E-state index contributed by atoms with van der Waals surface area (Å²) in [6, 6.07) is 0. The number of carbonyl (C=O) groups is 1. The molecule has 0 aromatic heterocycles. The number of hydrogen-bond donors (Lipinski definition) is 2. The number of carbonyl (C=O) groups excluding carboxylic acids is 1. The maximum atomic E-state index is 9.87. The molecule has 0 aliphatic carbocycles. The summed E-state index contributed by atoms with van der Waals surface area (Å²) in [6.45, 7) is 1.71. The molecule has 0 bridgehead atoms. The van der Waals surface area contributed by atoms with Crippen molar-refractivity contribution in [1.82, 2.24) is 0 Å². The van der Waals surface area contributed by atoms with E-state index in [1.54, 1.807) is 6.92 Å². The van der Waals surface area contributed by atoms with Gasteiger partial charge >= 0.3 is 0 Å². The molecule has 0 rings (SSSR count). The van der Waals surface area contributed by atoms with Crippen LogP contribution in [0.4, 0.5) is 0 Å². The first-order valence-corrected chi connectivity index (χ1v) is 2.55. The van der Waals surface area contributed by atoms with Crippen molar-refractivity contribution in [3.63, 3.8) is 0 Å². The Bertz CT molecular complexity index is 72.8. The third kappa shape index (κ3) is 3.77. The molecule has 0 amide bonds. The summed E-state index contributed by atoms with van der Waals surface area (Å²) in [6.07, 6.45) is 0.273. The Balaban J connectivity index is 3.23. The summed E-state index contributed by atoms with van der Waals surface area (Å²) >= 11 is 0. The van der Waals surface area contributed by atoms with E-state index in [0.717, 1.165) is 6.29 Å². The first-order chi connectivity index (χ1) is 3.66. The zero-order valence-electron chi connectivity index (χ0n) is 4.87. The maximum absolute atomic E-state index is 9.87. The minimum atomic E-state index is -0.852. The summed E-state index contributed by atoms with van der Waals surface area (Å²) < 4.78 is 0. The SMILES string of the molecule is CC(C=O)CC(N)O. The highest BCUT2D eigenvalue weighted by Crippen LogP contribution is 1.96. The minimum absolute atomic E-state index is 0.130. The Morgan fingerprint density at radius 3 is 2.50 bits per heavy atom.